The Morgan fingerprint density at radius 2 is 0.721 bits per heavy atom. The molecule has 0 saturated heterocycles. The number of rotatable bonds is 8. The Morgan fingerprint density at radius 3 is 1.34 bits per heavy atom. The third-order valence-electron chi connectivity index (χ3n) is 12.6. The van der Waals surface area contributed by atoms with Crippen LogP contribution in [0.3, 0.4) is 0 Å². The van der Waals surface area contributed by atoms with E-state index in [1.807, 2.05) is 103 Å². The maximum Gasteiger partial charge on any atom is 0.238 e. The molecule has 68 heavy (non-hydrogen) atoms. The third-order valence-corrected chi connectivity index (χ3v) is 12.6. The molecule has 9 aromatic carbocycles. The summed E-state index contributed by atoms with van der Waals surface area (Å²) < 4.78 is 4.57. The lowest BCUT2D eigenvalue weighted by Crippen LogP contribution is -2.06. The van der Waals surface area contributed by atoms with Crippen molar-refractivity contribution in [2.24, 2.45) is 0 Å². The Kier molecular flexibility index (Phi) is 9.31. The van der Waals surface area contributed by atoms with Crippen molar-refractivity contribution >= 4 is 43.6 Å². The van der Waals surface area contributed by atoms with Crippen molar-refractivity contribution in [1.29, 1.82) is 0 Å². The van der Waals surface area contributed by atoms with Crippen molar-refractivity contribution in [3.8, 4) is 79.7 Å². The summed E-state index contributed by atoms with van der Waals surface area (Å²) in [5.74, 6) is 3.55. The average molecular weight is 871 g/mol. The number of hydrogen-bond acceptors (Lipinski definition) is 6. The van der Waals surface area contributed by atoms with Gasteiger partial charge in [-0.3, -0.25) is 4.57 Å². The smallest absolute Gasteiger partial charge is 0.238 e. The fourth-order valence-electron chi connectivity index (χ4n) is 9.57. The Hall–Kier alpha value is -9.40. The second-order valence-corrected chi connectivity index (χ2v) is 16.7. The molecule has 4 heterocycles. The van der Waals surface area contributed by atoms with Gasteiger partial charge in [-0.2, -0.15) is 9.97 Å². The zero-order valence-corrected chi connectivity index (χ0v) is 36.5. The van der Waals surface area contributed by atoms with Crippen LogP contribution in [-0.2, 0) is 0 Å². The molecule has 13 rings (SSSR count). The van der Waals surface area contributed by atoms with Gasteiger partial charge in [-0.1, -0.05) is 200 Å². The number of aromatic nitrogens is 8. The zero-order chi connectivity index (χ0) is 45.0. The van der Waals surface area contributed by atoms with Crippen LogP contribution in [0.4, 0.5) is 0 Å². The molecule has 8 nitrogen and oxygen atoms in total. The Balaban J connectivity index is 1.04. The van der Waals surface area contributed by atoms with Crippen LogP contribution in [0, 0.1) is 0 Å². The van der Waals surface area contributed by atoms with E-state index in [1.165, 1.54) is 0 Å². The maximum absolute atomic E-state index is 5.26. The topological polar surface area (TPSA) is 87.2 Å². The van der Waals surface area contributed by atoms with E-state index >= 15 is 0 Å². The van der Waals surface area contributed by atoms with Gasteiger partial charge in [0, 0.05) is 55.0 Å². The molecule has 0 amide bonds. The summed E-state index contributed by atoms with van der Waals surface area (Å²) in [7, 11) is 0. The van der Waals surface area contributed by atoms with E-state index in [1.54, 1.807) is 0 Å². The normalized spacial score (nSPS) is 11.5. The van der Waals surface area contributed by atoms with E-state index in [9.17, 15) is 0 Å². The molecule has 13 aromatic rings. The van der Waals surface area contributed by atoms with Crippen molar-refractivity contribution in [2.75, 3.05) is 0 Å². The van der Waals surface area contributed by atoms with Gasteiger partial charge >= 0.3 is 0 Å². The molecule has 0 aliphatic rings. The molecular formula is C60H38N8. The molecule has 0 unspecified atom stereocenters. The Morgan fingerprint density at radius 1 is 0.265 bits per heavy atom. The highest BCUT2D eigenvalue weighted by Gasteiger charge is 2.24. The summed E-state index contributed by atoms with van der Waals surface area (Å²) in [6.45, 7) is 0. The number of hydrogen-bond donors (Lipinski definition) is 0. The SMILES string of the molecule is c1ccc(-c2nc(-c3cccc(-n4c5ccccc5c5c4ccc4c6ccccc6n(-c6nc(-c7ccccc7)nc(-c7ccccc7)n6)c45)c3)nc(-c3ccccc3-c3ccccc3)n2)cc1. The first kappa shape index (κ1) is 39.0. The van der Waals surface area contributed by atoms with Crippen LogP contribution >= 0.6 is 0 Å². The highest BCUT2D eigenvalue weighted by molar-refractivity contribution is 6.26. The van der Waals surface area contributed by atoms with Crippen LogP contribution in [0.25, 0.3) is 123 Å². The Labute approximate surface area is 391 Å². The van der Waals surface area contributed by atoms with Crippen molar-refractivity contribution in [3.63, 3.8) is 0 Å². The van der Waals surface area contributed by atoms with Gasteiger partial charge < -0.3 is 4.57 Å². The number of para-hydroxylation sites is 2. The molecule has 0 aliphatic heterocycles. The predicted octanol–water partition coefficient (Wildman–Crippen LogP) is 14.3. The van der Waals surface area contributed by atoms with E-state index in [0.29, 0.717) is 35.1 Å². The van der Waals surface area contributed by atoms with E-state index in [0.717, 1.165) is 88.2 Å². The first-order valence-corrected chi connectivity index (χ1v) is 22.6. The van der Waals surface area contributed by atoms with Crippen LogP contribution in [0.2, 0.25) is 0 Å². The monoisotopic (exact) mass is 870 g/mol. The third kappa shape index (κ3) is 6.62. The highest BCUT2D eigenvalue weighted by Crippen LogP contribution is 2.42. The molecule has 318 valence electrons. The largest absolute Gasteiger partial charge is 0.309 e. The molecular weight excluding hydrogens is 833 g/mol. The van der Waals surface area contributed by atoms with Crippen molar-refractivity contribution < 1.29 is 0 Å². The minimum atomic E-state index is 0.545. The number of nitrogens with zero attached hydrogens (tertiary/aromatic N) is 8. The molecule has 0 saturated carbocycles. The summed E-state index contributed by atoms with van der Waals surface area (Å²) in [6.07, 6.45) is 0. The summed E-state index contributed by atoms with van der Waals surface area (Å²) in [4.78, 5) is 31.1. The van der Waals surface area contributed by atoms with Gasteiger partial charge in [0.1, 0.15) is 0 Å². The predicted molar refractivity (Wildman–Crippen MR) is 275 cm³/mol. The minimum absolute atomic E-state index is 0.545. The van der Waals surface area contributed by atoms with E-state index in [2.05, 4.69) is 137 Å². The molecule has 0 bridgehead atoms. The van der Waals surface area contributed by atoms with Crippen molar-refractivity contribution in [1.82, 2.24) is 39.0 Å². The summed E-state index contributed by atoms with van der Waals surface area (Å²) >= 11 is 0. The lowest BCUT2D eigenvalue weighted by atomic mass is 9.99. The molecule has 0 N–H and O–H groups in total. The fraction of sp³-hybridized carbons (Fsp3) is 0. The second-order valence-electron chi connectivity index (χ2n) is 16.7. The molecule has 0 aliphatic carbocycles. The van der Waals surface area contributed by atoms with Gasteiger partial charge in [-0.25, -0.2) is 19.9 Å². The molecule has 4 aromatic heterocycles. The zero-order valence-electron chi connectivity index (χ0n) is 36.5. The van der Waals surface area contributed by atoms with E-state index in [-0.39, 0.29) is 0 Å². The summed E-state index contributed by atoms with van der Waals surface area (Å²) in [6, 6.07) is 79.2. The number of fused-ring (bicyclic) bond motifs is 7. The fourth-order valence-corrected chi connectivity index (χ4v) is 9.57. The van der Waals surface area contributed by atoms with Crippen LogP contribution in [0.1, 0.15) is 0 Å². The van der Waals surface area contributed by atoms with E-state index < -0.39 is 0 Å². The first-order chi connectivity index (χ1) is 33.7. The first-order valence-electron chi connectivity index (χ1n) is 22.6. The number of benzene rings is 9. The standard InChI is InChI=1S/C60H38N8/c1-5-20-39(21-6-1)45-30-13-14-32-48(45)59-63-55(40-22-7-2-8-23-40)61-58(64-59)43-28-19-29-44(38-43)67-51-35-18-16-33-49(51)53-52(67)37-36-47-46-31-15-17-34-50(46)68(54(47)53)60-65-56(41-24-9-3-10-25-41)62-57(66-60)42-26-11-4-12-27-42/h1-38H. The van der Waals surface area contributed by atoms with Gasteiger partial charge in [0.2, 0.25) is 5.95 Å². The van der Waals surface area contributed by atoms with E-state index in [4.69, 9.17) is 29.9 Å². The summed E-state index contributed by atoms with van der Waals surface area (Å²) in [5, 5.41) is 4.41. The van der Waals surface area contributed by atoms with Gasteiger partial charge in [0.25, 0.3) is 0 Å². The van der Waals surface area contributed by atoms with Gasteiger partial charge in [-0.15, -0.1) is 0 Å². The Bertz CT molecular complexity index is 3960. The second kappa shape index (κ2) is 16.2. The molecule has 0 fully saturated rings. The molecule has 0 radical (unpaired) electrons. The lowest BCUT2D eigenvalue weighted by molar-refractivity contribution is 0.955. The maximum atomic E-state index is 5.26. The average Bonchev–Trinajstić information content (AvgIpc) is 3.95. The van der Waals surface area contributed by atoms with Crippen LogP contribution in [-0.4, -0.2) is 39.0 Å². The van der Waals surface area contributed by atoms with Crippen molar-refractivity contribution in [3.05, 3.63) is 231 Å². The minimum Gasteiger partial charge on any atom is -0.309 e. The summed E-state index contributed by atoms with van der Waals surface area (Å²) in [5.41, 5.74) is 11.8. The van der Waals surface area contributed by atoms with Crippen LogP contribution in [0.5, 0.6) is 0 Å². The van der Waals surface area contributed by atoms with Gasteiger partial charge in [0.15, 0.2) is 29.1 Å². The van der Waals surface area contributed by atoms with Crippen molar-refractivity contribution in [2.45, 2.75) is 0 Å². The highest BCUT2D eigenvalue weighted by atomic mass is 15.2. The molecule has 8 heteroatoms. The van der Waals surface area contributed by atoms with Crippen LogP contribution in [0.15, 0.2) is 231 Å². The lowest BCUT2D eigenvalue weighted by Gasteiger charge is -2.13. The van der Waals surface area contributed by atoms with Gasteiger partial charge in [-0.05, 0) is 41.5 Å². The quantitative estimate of drug-likeness (QED) is 0.151. The molecule has 0 spiro atoms. The van der Waals surface area contributed by atoms with Gasteiger partial charge in [0.05, 0.1) is 22.1 Å². The molecule has 0 atom stereocenters. The van der Waals surface area contributed by atoms with Crippen LogP contribution < -0.4 is 0 Å².